The summed E-state index contributed by atoms with van der Waals surface area (Å²) in [4.78, 5) is 0. The van der Waals surface area contributed by atoms with Gasteiger partial charge in [0, 0.05) is 0 Å². The summed E-state index contributed by atoms with van der Waals surface area (Å²) in [6, 6.07) is 15.1. The van der Waals surface area contributed by atoms with Crippen molar-refractivity contribution in [1.82, 2.24) is 0 Å². The SMILES string of the molecule is CCCCCC/C=C/c1cccc2ccccc12. The first-order chi connectivity index (χ1) is 8.92. The van der Waals surface area contributed by atoms with Crippen LogP contribution in [0.3, 0.4) is 0 Å². The van der Waals surface area contributed by atoms with Crippen molar-refractivity contribution in [3.63, 3.8) is 0 Å². The van der Waals surface area contributed by atoms with Crippen molar-refractivity contribution >= 4 is 16.8 Å². The summed E-state index contributed by atoms with van der Waals surface area (Å²) in [5.74, 6) is 0. The van der Waals surface area contributed by atoms with Crippen molar-refractivity contribution in [2.24, 2.45) is 0 Å². The van der Waals surface area contributed by atoms with Gasteiger partial charge in [0.25, 0.3) is 0 Å². The summed E-state index contributed by atoms with van der Waals surface area (Å²) in [6.07, 6.45) is 11.1. The van der Waals surface area contributed by atoms with Crippen LogP contribution in [-0.4, -0.2) is 0 Å². The van der Waals surface area contributed by atoms with Gasteiger partial charge in [0.1, 0.15) is 0 Å². The van der Waals surface area contributed by atoms with Crippen LogP contribution in [0.4, 0.5) is 0 Å². The summed E-state index contributed by atoms with van der Waals surface area (Å²) in [7, 11) is 0. The molecule has 0 spiro atoms. The highest BCUT2D eigenvalue weighted by Gasteiger charge is 1.95. The van der Waals surface area contributed by atoms with Gasteiger partial charge in [-0.2, -0.15) is 0 Å². The van der Waals surface area contributed by atoms with E-state index in [1.807, 2.05) is 0 Å². The standard InChI is InChI=1S/C18H22/c1-2-3-4-5-6-7-11-16-13-10-14-17-12-8-9-15-18(16)17/h7-15H,2-6H2,1H3/b11-7+. The van der Waals surface area contributed by atoms with Gasteiger partial charge in [0.15, 0.2) is 0 Å². The molecule has 0 aromatic heterocycles. The molecule has 2 rings (SSSR count). The van der Waals surface area contributed by atoms with Crippen LogP contribution in [0.2, 0.25) is 0 Å². The van der Waals surface area contributed by atoms with Crippen LogP contribution in [-0.2, 0) is 0 Å². The van der Waals surface area contributed by atoms with Crippen LogP contribution in [0.5, 0.6) is 0 Å². The largest absolute Gasteiger partial charge is 0.0839 e. The van der Waals surface area contributed by atoms with Crippen molar-refractivity contribution in [3.05, 3.63) is 54.1 Å². The highest BCUT2D eigenvalue weighted by molar-refractivity contribution is 5.90. The van der Waals surface area contributed by atoms with Crippen LogP contribution in [0.1, 0.15) is 44.6 Å². The first kappa shape index (κ1) is 12.9. The normalized spacial score (nSPS) is 11.4. The number of fused-ring (bicyclic) bond motifs is 1. The molecule has 0 fully saturated rings. The average molecular weight is 238 g/mol. The molecule has 2 aromatic rings. The molecular formula is C18H22. The molecule has 0 nitrogen and oxygen atoms in total. The number of allylic oxidation sites excluding steroid dienone is 1. The molecular weight excluding hydrogens is 216 g/mol. The van der Waals surface area contributed by atoms with E-state index < -0.39 is 0 Å². The van der Waals surface area contributed by atoms with E-state index in [4.69, 9.17) is 0 Å². The fraction of sp³-hybridized carbons (Fsp3) is 0.333. The average Bonchev–Trinajstić information content (AvgIpc) is 2.43. The quantitative estimate of drug-likeness (QED) is 0.556. The fourth-order valence-electron chi connectivity index (χ4n) is 2.30. The molecule has 0 aliphatic carbocycles. The van der Waals surface area contributed by atoms with E-state index in [9.17, 15) is 0 Å². The van der Waals surface area contributed by atoms with Crippen LogP contribution in [0.15, 0.2) is 48.5 Å². The molecule has 0 N–H and O–H groups in total. The topological polar surface area (TPSA) is 0 Å². The lowest BCUT2D eigenvalue weighted by Gasteiger charge is -2.01. The summed E-state index contributed by atoms with van der Waals surface area (Å²) < 4.78 is 0. The van der Waals surface area contributed by atoms with Crippen molar-refractivity contribution in [1.29, 1.82) is 0 Å². The molecule has 94 valence electrons. The molecule has 0 heterocycles. The lowest BCUT2D eigenvalue weighted by molar-refractivity contribution is 0.675. The maximum Gasteiger partial charge on any atom is -0.0112 e. The molecule has 0 unspecified atom stereocenters. The summed E-state index contributed by atoms with van der Waals surface area (Å²) in [5, 5.41) is 2.68. The van der Waals surface area contributed by atoms with E-state index in [0.29, 0.717) is 0 Å². The number of unbranched alkanes of at least 4 members (excludes halogenated alkanes) is 4. The Morgan fingerprint density at radius 2 is 1.72 bits per heavy atom. The molecule has 0 heteroatoms. The highest BCUT2D eigenvalue weighted by Crippen LogP contribution is 2.19. The summed E-state index contributed by atoms with van der Waals surface area (Å²) in [6.45, 7) is 2.26. The minimum atomic E-state index is 1.20. The van der Waals surface area contributed by atoms with Crippen LogP contribution >= 0.6 is 0 Å². The Kier molecular flexibility index (Phi) is 5.01. The smallest absolute Gasteiger partial charge is 0.0112 e. The highest BCUT2D eigenvalue weighted by atomic mass is 14.0. The predicted molar refractivity (Wildman–Crippen MR) is 81.7 cm³/mol. The third-order valence-electron chi connectivity index (χ3n) is 3.35. The summed E-state index contributed by atoms with van der Waals surface area (Å²) in [5.41, 5.74) is 1.34. The molecule has 0 bridgehead atoms. The van der Waals surface area contributed by atoms with Gasteiger partial charge in [0.05, 0.1) is 0 Å². The first-order valence-corrected chi connectivity index (χ1v) is 7.06. The van der Waals surface area contributed by atoms with Crippen molar-refractivity contribution in [2.45, 2.75) is 39.0 Å². The molecule has 0 saturated carbocycles. The maximum atomic E-state index is 2.32. The van der Waals surface area contributed by atoms with Gasteiger partial charge in [-0.3, -0.25) is 0 Å². The van der Waals surface area contributed by atoms with Crippen LogP contribution in [0, 0.1) is 0 Å². The molecule has 0 aliphatic rings. The lowest BCUT2D eigenvalue weighted by atomic mass is 10.0. The second-order valence-electron chi connectivity index (χ2n) is 4.82. The number of rotatable bonds is 6. The molecule has 0 atom stereocenters. The van der Waals surface area contributed by atoms with Gasteiger partial charge in [-0.25, -0.2) is 0 Å². The summed E-state index contributed by atoms with van der Waals surface area (Å²) >= 11 is 0. The zero-order chi connectivity index (χ0) is 12.6. The van der Waals surface area contributed by atoms with Gasteiger partial charge in [-0.15, -0.1) is 0 Å². The second-order valence-corrected chi connectivity index (χ2v) is 4.82. The van der Waals surface area contributed by atoms with E-state index in [1.165, 1.54) is 48.4 Å². The maximum absolute atomic E-state index is 2.32. The van der Waals surface area contributed by atoms with Crippen molar-refractivity contribution < 1.29 is 0 Å². The third kappa shape index (κ3) is 3.46. The minimum absolute atomic E-state index is 1.20. The Morgan fingerprint density at radius 1 is 0.889 bits per heavy atom. The van der Waals surface area contributed by atoms with E-state index in [1.54, 1.807) is 0 Å². The first-order valence-electron chi connectivity index (χ1n) is 7.06. The van der Waals surface area contributed by atoms with E-state index in [2.05, 4.69) is 61.5 Å². The van der Waals surface area contributed by atoms with Gasteiger partial charge in [0.2, 0.25) is 0 Å². The van der Waals surface area contributed by atoms with E-state index >= 15 is 0 Å². The Morgan fingerprint density at radius 3 is 2.61 bits per heavy atom. The number of hydrogen-bond donors (Lipinski definition) is 0. The van der Waals surface area contributed by atoms with Gasteiger partial charge >= 0.3 is 0 Å². The van der Waals surface area contributed by atoms with E-state index in [0.717, 1.165) is 0 Å². The van der Waals surface area contributed by atoms with Crippen molar-refractivity contribution in [3.8, 4) is 0 Å². The minimum Gasteiger partial charge on any atom is -0.0839 e. The van der Waals surface area contributed by atoms with Crippen LogP contribution in [0.25, 0.3) is 16.8 Å². The van der Waals surface area contributed by atoms with Crippen LogP contribution < -0.4 is 0 Å². The fourth-order valence-corrected chi connectivity index (χ4v) is 2.30. The predicted octanol–water partition coefficient (Wildman–Crippen LogP) is 5.82. The van der Waals surface area contributed by atoms with Crippen molar-refractivity contribution in [2.75, 3.05) is 0 Å². The molecule has 0 amide bonds. The van der Waals surface area contributed by atoms with Gasteiger partial charge in [-0.1, -0.05) is 80.8 Å². The number of benzene rings is 2. The Balaban J connectivity index is 2.01. The molecule has 2 aromatic carbocycles. The molecule has 0 saturated heterocycles. The van der Waals surface area contributed by atoms with Gasteiger partial charge in [-0.05, 0) is 29.2 Å². The monoisotopic (exact) mass is 238 g/mol. The Labute approximate surface area is 110 Å². The third-order valence-corrected chi connectivity index (χ3v) is 3.35. The zero-order valence-corrected chi connectivity index (χ0v) is 11.2. The second kappa shape index (κ2) is 7.00. The molecule has 0 aliphatic heterocycles. The molecule has 18 heavy (non-hydrogen) atoms. The van der Waals surface area contributed by atoms with E-state index in [-0.39, 0.29) is 0 Å². The zero-order valence-electron chi connectivity index (χ0n) is 11.2. The Hall–Kier alpha value is -1.56. The van der Waals surface area contributed by atoms with Gasteiger partial charge < -0.3 is 0 Å². The number of hydrogen-bond acceptors (Lipinski definition) is 0. The molecule has 0 radical (unpaired) electrons. The Bertz CT molecular complexity index is 503. The lowest BCUT2D eigenvalue weighted by Crippen LogP contribution is -1.78.